The summed E-state index contributed by atoms with van der Waals surface area (Å²) >= 11 is 1.84. The number of nitrogens with two attached hydrogens (primary N) is 1. The van der Waals surface area contributed by atoms with Gasteiger partial charge in [0, 0.05) is 0 Å². The topological polar surface area (TPSA) is 55.1 Å². The smallest absolute Gasteiger partial charge is 0.234 e. The van der Waals surface area contributed by atoms with Crippen LogP contribution in [0.2, 0.25) is 0 Å². The van der Waals surface area contributed by atoms with Crippen molar-refractivity contribution in [1.29, 1.82) is 0 Å². The van der Waals surface area contributed by atoms with Crippen LogP contribution in [0.4, 0.5) is 0 Å². The van der Waals surface area contributed by atoms with Crippen LogP contribution in [0, 0.1) is 0 Å². The highest BCUT2D eigenvalue weighted by molar-refractivity contribution is 7.99. The first-order valence-electron chi connectivity index (χ1n) is 4.16. The van der Waals surface area contributed by atoms with E-state index in [1.807, 2.05) is 11.8 Å². The van der Waals surface area contributed by atoms with Crippen molar-refractivity contribution in [2.75, 3.05) is 12.8 Å². The molecule has 72 valence electrons. The van der Waals surface area contributed by atoms with Crippen LogP contribution in [0.25, 0.3) is 0 Å². The van der Waals surface area contributed by atoms with Crippen LogP contribution >= 0.6 is 11.8 Å². The molecule has 0 aromatic rings. The summed E-state index contributed by atoms with van der Waals surface area (Å²) in [6.45, 7) is 4.28. The van der Waals surface area contributed by atoms with E-state index in [-0.39, 0.29) is 11.9 Å². The first kappa shape index (κ1) is 11.8. The number of nitrogens with one attached hydrogen (secondary N) is 1. The highest BCUT2D eigenvalue weighted by Gasteiger charge is 2.11. The van der Waals surface area contributed by atoms with Gasteiger partial charge in [-0.15, -0.1) is 0 Å². The summed E-state index contributed by atoms with van der Waals surface area (Å²) in [5, 5.41) is 3.51. The maximum Gasteiger partial charge on any atom is 0.234 e. The van der Waals surface area contributed by atoms with Gasteiger partial charge in [-0.2, -0.15) is 11.8 Å². The molecular weight excluding hydrogens is 172 g/mol. The summed E-state index contributed by atoms with van der Waals surface area (Å²) in [5.74, 6) is 0.716. The fraction of sp³-hybridized carbons (Fsp3) is 0.875. The number of rotatable bonds is 6. The van der Waals surface area contributed by atoms with E-state index in [4.69, 9.17) is 5.73 Å². The minimum atomic E-state index is -0.262. The first-order chi connectivity index (χ1) is 5.57. The van der Waals surface area contributed by atoms with Crippen LogP contribution in [0.3, 0.4) is 0 Å². The molecule has 0 radical (unpaired) electrons. The van der Waals surface area contributed by atoms with Gasteiger partial charge >= 0.3 is 0 Å². The molecule has 0 aliphatic rings. The third-order valence-electron chi connectivity index (χ3n) is 1.55. The van der Waals surface area contributed by atoms with E-state index in [9.17, 15) is 4.79 Å². The minimum Gasteiger partial charge on any atom is -0.368 e. The Kier molecular flexibility index (Phi) is 6.20. The van der Waals surface area contributed by atoms with Gasteiger partial charge in [0.15, 0.2) is 0 Å². The molecule has 3 N–H and O–H groups in total. The minimum absolute atomic E-state index is 0.170. The van der Waals surface area contributed by atoms with Crippen molar-refractivity contribution in [2.45, 2.75) is 31.6 Å². The van der Waals surface area contributed by atoms with Gasteiger partial charge in [0.1, 0.15) is 0 Å². The second-order valence-electron chi connectivity index (χ2n) is 2.95. The average Bonchev–Trinajstić information content (AvgIpc) is 1.96. The van der Waals surface area contributed by atoms with Crippen molar-refractivity contribution in [3.8, 4) is 0 Å². The Hall–Kier alpha value is -0.220. The lowest BCUT2D eigenvalue weighted by atomic mass is 10.2. The molecule has 0 bridgehead atoms. The van der Waals surface area contributed by atoms with Gasteiger partial charge < -0.3 is 11.1 Å². The van der Waals surface area contributed by atoms with Crippen LogP contribution in [0.5, 0.6) is 0 Å². The van der Waals surface area contributed by atoms with Crippen LogP contribution in [0.15, 0.2) is 0 Å². The highest BCUT2D eigenvalue weighted by atomic mass is 32.2. The Morgan fingerprint density at radius 1 is 1.58 bits per heavy atom. The summed E-state index contributed by atoms with van der Waals surface area (Å²) in [5.41, 5.74) is 5.15. The predicted molar refractivity (Wildman–Crippen MR) is 54.3 cm³/mol. The van der Waals surface area contributed by atoms with Gasteiger partial charge in [-0.3, -0.25) is 4.79 Å². The summed E-state index contributed by atoms with van der Waals surface area (Å²) < 4.78 is 0. The monoisotopic (exact) mass is 190 g/mol. The van der Waals surface area contributed by atoms with E-state index < -0.39 is 0 Å². The zero-order valence-electron chi connectivity index (χ0n) is 7.96. The Morgan fingerprint density at radius 3 is 2.50 bits per heavy atom. The molecule has 0 aromatic carbocycles. The van der Waals surface area contributed by atoms with Gasteiger partial charge in [0.2, 0.25) is 5.91 Å². The van der Waals surface area contributed by atoms with Crippen LogP contribution in [-0.2, 0) is 4.79 Å². The summed E-state index contributed by atoms with van der Waals surface area (Å²) in [6, 6.07) is -0.170. The number of amides is 1. The molecule has 0 aromatic heterocycles. The number of thioether (sulfide) groups is 1. The summed E-state index contributed by atoms with van der Waals surface area (Å²) in [7, 11) is 1.76. The molecule has 1 unspecified atom stereocenters. The maximum atomic E-state index is 10.8. The Balaban J connectivity index is 3.52. The predicted octanol–water partition coefficient (Wildman–Crippen LogP) is 0.591. The van der Waals surface area contributed by atoms with Crippen LogP contribution in [0.1, 0.15) is 20.3 Å². The van der Waals surface area contributed by atoms with Crippen molar-refractivity contribution in [2.24, 2.45) is 5.73 Å². The van der Waals surface area contributed by atoms with E-state index >= 15 is 0 Å². The number of hydrogen-bond donors (Lipinski definition) is 2. The van der Waals surface area contributed by atoms with E-state index in [1.165, 1.54) is 0 Å². The largest absolute Gasteiger partial charge is 0.368 e. The fourth-order valence-electron chi connectivity index (χ4n) is 0.850. The Bertz CT molecular complexity index is 139. The molecule has 1 atom stereocenters. The normalized spacial score (nSPS) is 13.3. The highest BCUT2D eigenvalue weighted by Crippen LogP contribution is 2.11. The van der Waals surface area contributed by atoms with Crippen molar-refractivity contribution in [3.63, 3.8) is 0 Å². The molecule has 0 saturated heterocycles. The molecule has 0 rings (SSSR count). The average molecular weight is 190 g/mol. The molecule has 12 heavy (non-hydrogen) atoms. The second-order valence-corrected chi connectivity index (χ2v) is 4.64. The van der Waals surface area contributed by atoms with E-state index in [0.717, 1.165) is 12.2 Å². The maximum absolute atomic E-state index is 10.8. The van der Waals surface area contributed by atoms with Crippen molar-refractivity contribution >= 4 is 17.7 Å². The number of likely N-dealkylation sites (N-methyl/N-ethyl adjacent to an activating group) is 1. The third kappa shape index (κ3) is 5.43. The SMILES string of the molecule is CNC(CCSC(C)C)C(N)=O. The second kappa shape index (κ2) is 6.31. The molecule has 0 spiro atoms. The molecule has 0 aliphatic carbocycles. The Labute approximate surface area is 78.5 Å². The molecule has 4 heteroatoms. The van der Waals surface area contributed by atoms with Crippen molar-refractivity contribution in [3.05, 3.63) is 0 Å². The lowest BCUT2D eigenvalue weighted by Gasteiger charge is -2.12. The molecule has 0 aliphatic heterocycles. The van der Waals surface area contributed by atoms with E-state index in [0.29, 0.717) is 5.25 Å². The number of carbonyl (C=O) groups is 1. The van der Waals surface area contributed by atoms with Crippen molar-refractivity contribution < 1.29 is 4.79 Å². The summed E-state index contributed by atoms with van der Waals surface area (Å²) in [6.07, 6.45) is 0.814. The molecule has 0 heterocycles. The quantitative estimate of drug-likeness (QED) is 0.644. The van der Waals surface area contributed by atoms with Crippen molar-refractivity contribution in [1.82, 2.24) is 5.32 Å². The lowest BCUT2D eigenvalue weighted by molar-refractivity contribution is -0.119. The number of hydrogen-bond acceptors (Lipinski definition) is 3. The van der Waals surface area contributed by atoms with E-state index in [2.05, 4.69) is 19.2 Å². The zero-order chi connectivity index (χ0) is 9.56. The number of primary amides is 1. The molecule has 0 fully saturated rings. The summed E-state index contributed by atoms with van der Waals surface area (Å²) in [4.78, 5) is 10.8. The molecular formula is C8H18N2OS. The van der Waals surface area contributed by atoms with E-state index in [1.54, 1.807) is 7.05 Å². The van der Waals surface area contributed by atoms with Gasteiger partial charge in [-0.05, 0) is 24.5 Å². The first-order valence-corrected chi connectivity index (χ1v) is 5.21. The standard InChI is InChI=1S/C8H18N2OS/c1-6(2)12-5-4-7(10-3)8(9)11/h6-7,10H,4-5H2,1-3H3,(H2,9,11). The zero-order valence-corrected chi connectivity index (χ0v) is 8.78. The molecule has 0 saturated carbocycles. The molecule has 1 amide bonds. The fourth-order valence-corrected chi connectivity index (χ4v) is 1.69. The van der Waals surface area contributed by atoms with Gasteiger partial charge in [-0.1, -0.05) is 13.8 Å². The van der Waals surface area contributed by atoms with Gasteiger partial charge in [0.25, 0.3) is 0 Å². The third-order valence-corrected chi connectivity index (χ3v) is 2.69. The Morgan fingerprint density at radius 2 is 2.17 bits per heavy atom. The van der Waals surface area contributed by atoms with Crippen LogP contribution < -0.4 is 11.1 Å². The lowest BCUT2D eigenvalue weighted by Crippen LogP contribution is -2.39. The van der Waals surface area contributed by atoms with Gasteiger partial charge in [-0.25, -0.2) is 0 Å². The molecule has 3 nitrogen and oxygen atoms in total. The van der Waals surface area contributed by atoms with Gasteiger partial charge in [0.05, 0.1) is 6.04 Å². The van der Waals surface area contributed by atoms with Crippen LogP contribution in [-0.4, -0.2) is 30.0 Å². The number of carbonyl (C=O) groups excluding carboxylic acids is 1.